The highest BCUT2D eigenvalue weighted by molar-refractivity contribution is 5.20. The van der Waals surface area contributed by atoms with Gasteiger partial charge in [-0.3, -0.25) is 4.68 Å². The van der Waals surface area contributed by atoms with E-state index in [0.29, 0.717) is 6.04 Å². The molecule has 0 radical (unpaired) electrons. The van der Waals surface area contributed by atoms with Crippen molar-refractivity contribution in [2.45, 2.75) is 39.3 Å². The molecule has 4 nitrogen and oxygen atoms in total. The van der Waals surface area contributed by atoms with Crippen LogP contribution in [0.2, 0.25) is 0 Å². The summed E-state index contributed by atoms with van der Waals surface area (Å²) in [4.78, 5) is 0. The summed E-state index contributed by atoms with van der Waals surface area (Å²) < 4.78 is 7.69. The van der Waals surface area contributed by atoms with Gasteiger partial charge in [-0.2, -0.15) is 5.10 Å². The molecule has 0 aliphatic carbocycles. The fourth-order valence-corrected chi connectivity index (χ4v) is 2.02. The van der Waals surface area contributed by atoms with Gasteiger partial charge in [-0.05, 0) is 44.5 Å². The minimum Gasteiger partial charge on any atom is -0.494 e. The van der Waals surface area contributed by atoms with Crippen LogP contribution in [0, 0.1) is 0 Å². The summed E-state index contributed by atoms with van der Waals surface area (Å²) in [5.41, 5.74) is 1.10. The molecule has 0 aliphatic heterocycles. The fraction of sp³-hybridized carbons (Fsp3) is 0.471. The average Bonchev–Trinajstić information content (AvgIpc) is 3.00. The molecule has 0 saturated heterocycles. The van der Waals surface area contributed by atoms with Gasteiger partial charge in [-0.25, -0.2) is 0 Å². The number of hydrogen-bond acceptors (Lipinski definition) is 3. The lowest BCUT2D eigenvalue weighted by molar-refractivity contribution is 0.308. The molecule has 2 rings (SSSR count). The van der Waals surface area contributed by atoms with Gasteiger partial charge in [0, 0.05) is 18.8 Å². The van der Waals surface area contributed by atoms with E-state index >= 15 is 0 Å². The van der Waals surface area contributed by atoms with Gasteiger partial charge in [0.1, 0.15) is 5.75 Å². The normalized spacial score (nSPS) is 12.3. The maximum atomic E-state index is 5.65. The van der Waals surface area contributed by atoms with Crippen LogP contribution in [-0.4, -0.2) is 22.9 Å². The second-order valence-electron chi connectivity index (χ2n) is 5.24. The number of para-hydroxylation sites is 1. The van der Waals surface area contributed by atoms with Crippen molar-refractivity contribution in [3.63, 3.8) is 0 Å². The van der Waals surface area contributed by atoms with Crippen molar-refractivity contribution in [2.75, 3.05) is 13.2 Å². The van der Waals surface area contributed by atoms with Gasteiger partial charge in [0.25, 0.3) is 0 Å². The lowest BCUT2D eigenvalue weighted by Gasteiger charge is -2.08. The van der Waals surface area contributed by atoms with Gasteiger partial charge in [-0.15, -0.1) is 0 Å². The Kier molecular flexibility index (Phi) is 6.28. The van der Waals surface area contributed by atoms with Crippen molar-refractivity contribution in [3.05, 3.63) is 48.3 Å². The molecule has 21 heavy (non-hydrogen) atoms. The molecule has 4 heteroatoms. The van der Waals surface area contributed by atoms with Crippen molar-refractivity contribution in [3.8, 4) is 5.75 Å². The molecule has 1 aromatic heterocycles. The zero-order valence-electron chi connectivity index (χ0n) is 13.0. The molecule has 0 fully saturated rings. The average molecular weight is 287 g/mol. The quantitative estimate of drug-likeness (QED) is 0.718. The van der Waals surface area contributed by atoms with Crippen molar-refractivity contribution in [2.24, 2.45) is 0 Å². The Labute approximate surface area is 127 Å². The number of hydrogen-bond donors (Lipinski definition) is 1. The Morgan fingerprint density at radius 2 is 2.05 bits per heavy atom. The molecule has 0 saturated carbocycles. The van der Waals surface area contributed by atoms with Crippen LogP contribution in [0.15, 0.2) is 42.6 Å². The Hall–Kier alpha value is -1.81. The predicted molar refractivity (Wildman–Crippen MR) is 85.5 cm³/mol. The number of aromatic nitrogens is 2. The number of nitrogens with one attached hydrogen (secondary N) is 1. The smallest absolute Gasteiger partial charge is 0.119 e. The molecule has 0 bridgehead atoms. The molecule has 0 spiro atoms. The van der Waals surface area contributed by atoms with Crippen molar-refractivity contribution >= 4 is 0 Å². The summed E-state index contributed by atoms with van der Waals surface area (Å²) in [5, 5.41) is 7.97. The van der Waals surface area contributed by atoms with E-state index in [4.69, 9.17) is 4.74 Å². The second-order valence-corrected chi connectivity index (χ2v) is 5.24. The largest absolute Gasteiger partial charge is 0.494 e. The number of benzene rings is 1. The maximum absolute atomic E-state index is 5.65. The third kappa shape index (κ3) is 5.23. The Morgan fingerprint density at radius 1 is 1.24 bits per heavy atom. The first-order valence-electron chi connectivity index (χ1n) is 7.72. The lowest BCUT2D eigenvalue weighted by atomic mass is 10.3. The summed E-state index contributed by atoms with van der Waals surface area (Å²) in [6.45, 7) is 6.85. The fourth-order valence-electron chi connectivity index (χ4n) is 2.02. The maximum Gasteiger partial charge on any atom is 0.119 e. The zero-order chi connectivity index (χ0) is 14.9. The molecule has 1 atom stereocenters. The molecule has 1 heterocycles. The topological polar surface area (TPSA) is 39.1 Å². The molecular weight excluding hydrogens is 262 g/mol. The van der Waals surface area contributed by atoms with Crippen LogP contribution in [0.1, 0.15) is 38.4 Å². The molecule has 114 valence electrons. The van der Waals surface area contributed by atoms with Crippen LogP contribution < -0.4 is 10.1 Å². The predicted octanol–water partition coefficient (Wildman–Crippen LogP) is 3.41. The highest BCUT2D eigenvalue weighted by Gasteiger charge is 2.03. The Bertz CT molecular complexity index is 510. The van der Waals surface area contributed by atoms with E-state index in [1.807, 2.05) is 35.0 Å². The van der Waals surface area contributed by atoms with Crippen molar-refractivity contribution < 1.29 is 4.74 Å². The van der Waals surface area contributed by atoms with E-state index in [2.05, 4.69) is 36.5 Å². The molecule has 1 N–H and O–H groups in total. The van der Waals surface area contributed by atoms with Gasteiger partial charge in [0.05, 0.1) is 12.3 Å². The van der Waals surface area contributed by atoms with Crippen LogP contribution in [-0.2, 0) is 6.54 Å². The van der Waals surface area contributed by atoms with Gasteiger partial charge in [0.2, 0.25) is 0 Å². The molecule has 0 aliphatic rings. The van der Waals surface area contributed by atoms with Crippen LogP contribution in [0.25, 0.3) is 0 Å². The number of nitrogens with zero attached hydrogens (tertiary/aromatic N) is 2. The van der Waals surface area contributed by atoms with Gasteiger partial charge in [0.15, 0.2) is 0 Å². The van der Waals surface area contributed by atoms with E-state index in [1.165, 1.54) is 0 Å². The highest BCUT2D eigenvalue weighted by Crippen LogP contribution is 2.09. The third-order valence-electron chi connectivity index (χ3n) is 3.52. The molecule has 1 aromatic carbocycles. The lowest BCUT2D eigenvalue weighted by Crippen LogP contribution is -2.17. The minimum atomic E-state index is 0.470. The molecule has 2 aromatic rings. The monoisotopic (exact) mass is 287 g/mol. The van der Waals surface area contributed by atoms with E-state index < -0.39 is 0 Å². The first kappa shape index (κ1) is 15.6. The van der Waals surface area contributed by atoms with E-state index in [-0.39, 0.29) is 0 Å². The van der Waals surface area contributed by atoms with Crippen LogP contribution in [0.4, 0.5) is 0 Å². The van der Waals surface area contributed by atoms with Crippen LogP contribution >= 0.6 is 0 Å². The van der Waals surface area contributed by atoms with E-state index in [1.54, 1.807) is 0 Å². The molecule has 1 unspecified atom stereocenters. The summed E-state index contributed by atoms with van der Waals surface area (Å²) in [7, 11) is 0. The third-order valence-corrected chi connectivity index (χ3v) is 3.52. The second kappa shape index (κ2) is 8.47. The molecular formula is C17H25N3O. The Balaban J connectivity index is 1.58. The minimum absolute atomic E-state index is 0.470. The van der Waals surface area contributed by atoms with Crippen molar-refractivity contribution in [1.82, 2.24) is 15.1 Å². The zero-order valence-corrected chi connectivity index (χ0v) is 13.0. The Morgan fingerprint density at radius 3 is 2.81 bits per heavy atom. The SMILES string of the molecule is CCC(C)n1ccc(CNCCCOc2ccccc2)n1. The first-order chi connectivity index (χ1) is 10.3. The first-order valence-corrected chi connectivity index (χ1v) is 7.72. The summed E-state index contributed by atoms with van der Waals surface area (Å²) in [6.07, 6.45) is 4.15. The summed E-state index contributed by atoms with van der Waals surface area (Å²) in [6, 6.07) is 12.5. The van der Waals surface area contributed by atoms with Gasteiger partial charge < -0.3 is 10.1 Å². The number of ether oxygens (including phenoxy) is 1. The van der Waals surface area contributed by atoms with Gasteiger partial charge >= 0.3 is 0 Å². The van der Waals surface area contributed by atoms with E-state index in [0.717, 1.165) is 44.0 Å². The van der Waals surface area contributed by atoms with Crippen LogP contribution in [0.5, 0.6) is 5.75 Å². The highest BCUT2D eigenvalue weighted by atomic mass is 16.5. The molecule has 0 amide bonds. The summed E-state index contributed by atoms with van der Waals surface area (Å²) >= 11 is 0. The summed E-state index contributed by atoms with van der Waals surface area (Å²) in [5.74, 6) is 0.935. The standard InChI is InChI=1S/C17H25N3O/c1-3-15(2)20-12-10-16(19-20)14-18-11-7-13-21-17-8-5-4-6-9-17/h4-6,8-10,12,15,18H,3,7,11,13-14H2,1-2H3. The van der Waals surface area contributed by atoms with E-state index in [9.17, 15) is 0 Å². The van der Waals surface area contributed by atoms with Crippen molar-refractivity contribution in [1.29, 1.82) is 0 Å². The number of rotatable bonds is 9. The van der Waals surface area contributed by atoms with Gasteiger partial charge in [-0.1, -0.05) is 25.1 Å². The van der Waals surface area contributed by atoms with Crippen LogP contribution in [0.3, 0.4) is 0 Å².